The van der Waals surface area contributed by atoms with Crippen LogP contribution in [0.25, 0.3) is 0 Å². The molecule has 1 atom stereocenters. The maximum absolute atomic E-state index is 12.8. The highest BCUT2D eigenvalue weighted by Gasteiger charge is 2.35. The number of fused-ring (bicyclic) bond motifs is 1. The van der Waals surface area contributed by atoms with E-state index in [1.165, 1.54) is 4.90 Å². The van der Waals surface area contributed by atoms with E-state index < -0.39 is 12.0 Å². The summed E-state index contributed by atoms with van der Waals surface area (Å²) in [6, 6.07) is 6.80. The minimum absolute atomic E-state index is 0.285. The number of carboxylic acid groups (broad SMARTS) is 1. The van der Waals surface area contributed by atoms with Crippen LogP contribution >= 0.6 is 0 Å². The quantitative estimate of drug-likeness (QED) is 0.909. The number of amides is 1. The lowest BCUT2D eigenvalue weighted by Gasteiger charge is -2.34. The lowest BCUT2D eigenvalue weighted by molar-refractivity contribution is -0.142. The molecule has 0 saturated heterocycles. The van der Waals surface area contributed by atoms with E-state index in [2.05, 4.69) is 5.10 Å². The number of carboxylic acids is 1. The Balaban J connectivity index is 1.99. The van der Waals surface area contributed by atoms with E-state index in [-0.39, 0.29) is 5.91 Å². The van der Waals surface area contributed by atoms with Gasteiger partial charge in [0.1, 0.15) is 6.04 Å². The fraction of sp³-hybridized carbons (Fsp3) is 0.312. The van der Waals surface area contributed by atoms with Gasteiger partial charge in [0.05, 0.1) is 11.3 Å². The number of hydrogen-bond acceptors (Lipinski definition) is 3. The van der Waals surface area contributed by atoms with Gasteiger partial charge >= 0.3 is 5.97 Å². The van der Waals surface area contributed by atoms with Gasteiger partial charge in [0.15, 0.2) is 0 Å². The molecule has 1 N–H and O–H groups in total. The minimum Gasteiger partial charge on any atom is -0.480 e. The lowest BCUT2D eigenvalue weighted by Crippen LogP contribution is -2.48. The average Bonchev–Trinajstić information content (AvgIpc) is 2.83. The van der Waals surface area contributed by atoms with E-state index >= 15 is 0 Å². The van der Waals surface area contributed by atoms with E-state index in [1.807, 2.05) is 24.3 Å². The van der Waals surface area contributed by atoms with Crippen molar-refractivity contribution >= 4 is 11.9 Å². The molecule has 114 valence electrons. The van der Waals surface area contributed by atoms with Crippen LogP contribution in [0.1, 0.15) is 27.2 Å². The number of rotatable bonds is 2. The SMILES string of the molecule is Cc1nn(C)cc1C(=O)N1Cc2ccccc2CC1C(=O)O. The Hall–Kier alpha value is -2.63. The highest BCUT2D eigenvalue weighted by atomic mass is 16.4. The van der Waals surface area contributed by atoms with Gasteiger partial charge < -0.3 is 10.0 Å². The van der Waals surface area contributed by atoms with Crippen LogP contribution in [0.2, 0.25) is 0 Å². The van der Waals surface area contributed by atoms with E-state index in [4.69, 9.17) is 0 Å². The molecule has 3 rings (SSSR count). The number of carbonyl (C=O) groups excluding carboxylic acids is 1. The Bertz CT molecular complexity index is 751. The molecule has 0 saturated carbocycles. The van der Waals surface area contributed by atoms with Crippen molar-refractivity contribution in [1.82, 2.24) is 14.7 Å². The topological polar surface area (TPSA) is 75.4 Å². The average molecular weight is 299 g/mol. The van der Waals surface area contributed by atoms with Crippen molar-refractivity contribution in [2.45, 2.75) is 25.9 Å². The summed E-state index contributed by atoms with van der Waals surface area (Å²) in [5, 5.41) is 13.7. The lowest BCUT2D eigenvalue weighted by atomic mass is 9.93. The highest BCUT2D eigenvalue weighted by Crippen LogP contribution is 2.25. The van der Waals surface area contributed by atoms with Gasteiger partial charge in [-0.3, -0.25) is 9.48 Å². The molecule has 6 heteroatoms. The third kappa shape index (κ3) is 2.36. The second-order valence-electron chi connectivity index (χ2n) is 5.56. The fourth-order valence-corrected chi connectivity index (χ4v) is 2.92. The Kier molecular flexibility index (Phi) is 3.44. The summed E-state index contributed by atoms with van der Waals surface area (Å²) >= 11 is 0. The second-order valence-corrected chi connectivity index (χ2v) is 5.56. The Morgan fingerprint density at radius 1 is 1.27 bits per heavy atom. The van der Waals surface area contributed by atoms with Crippen LogP contribution in [0.15, 0.2) is 30.5 Å². The van der Waals surface area contributed by atoms with Crippen LogP contribution in [0.5, 0.6) is 0 Å². The third-order valence-electron chi connectivity index (χ3n) is 4.04. The number of hydrogen-bond donors (Lipinski definition) is 1. The molecule has 0 fully saturated rings. The van der Waals surface area contributed by atoms with Crippen LogP contribution in [0.4, 0.5) is 0 Å². The molecule has 1 aromatic carbocycles. The maximum Gasteiger partial charge on any atom is 0.326 e. The summed E-state index contributed by atoms with van der Waals surface area (Å²) in [6.07, 6.45) is 1.97. The van der Waals surface area contributed by atoms with E-state index in [0.717, 1.165) is 11.1 Å². The van der Waals surface area contributed by atoms with Crippen molar-refractivity contribution < 1.29 is 14.7 Å². The zero-order valence-electron chi connectivity index (χ0n) is 12.5. The number of aliphatic carboxylic acids is 1. The van der Waals surface area contributed by atoms with Crippen LogP contribution in [-0.2, 0) is 24.8 Å². The first-order valence-electron chi connectivity index (χ1n) is 7.08. The van der Waals surface area contributed by atoms with Gasteiger partial charge in [-0.2, -0.15) is 5.10 Å². The maximum atomic E-state index is 12.8. The van der Waals surface area contributed by atoms with Gasteiger partial charge in [0.2, 0.25) is 0 Å². The molecule has 1 aromatic heterocycles. The van der Waals surface area contributed by atoms with Crippen LogP contribution < -0.4 is 0 Å². The number of aromatic nitrogens is 2. The molecule has 2 heterocycles. The number of nitrogens with zero attached hydrogens (tertiary/aromatic N) is 3. The van der Waals surface area contributed by atoms with E-state index in [1.54, 1.807) is 24.9 Å². The normalized spacial score (nSPS) is 17.2. The molecule has 22 heavy (non-hydrogen) atoms. The largest absolute Gasteiger partial charge is 0.480 e. The minimum atomic E-state index is -0.982. The van der Waals surface area contributed by atoms with Gasteiger partial charge in [-0.25, -0.2) is 4.79 Å². The zero-order valence-corrected chi connectivity index (χ0v) is 12.5. The summed E-state index contributed by atoms with van der Waals surface area (Å²) in [5.74, 6) is -1.27. The Morgan fingerprint density at radius 3 is 2.55 bits per heavy atom. The summed E-state index contributed by atoms with van der Waals surface area (Å²) < 4.78 is 1.57. The Labute approximate surface area is 128 Å². The first kappa shape index (κ1) is 14.3. The summed E-state index contributed by atoms with van der Waals surface area (Å²) in [4.78, 5) is 25.8. The highest BCUT2D eigenvalue weighted by molar-refractivity contribution is 5.97. The van der Waals surface area contributed by atoms with Crippen molar-refractivity contribution in [3.63, 3.8) is 0 Å². The molecular formula is C16H17N3O3. The van der Waals surface area contributed by atoms with Crippen molar-refractivity contribution in [1.29, 1.82) is 0 Å². The first-order valence-corrected chi connectivity index (χ1v) is 7.08. The molecule has 1 aliphatic rings. The predicted molar refractivity (Wildman–Crippen MR) is 79.4 cm³/mol. The molecule has 0 radical (unpaired) electrons. The van der Waals surface area contributed by atoms with Crippen LogP contribution in [-0.4, -0.2) is 37.7 Å². The van der Waals surface area contributed by atoms with Gasteiger partial charge in [0.25, 0.3) is 5.91 Å². The second kappa shape index (κ2) is 5.29. The molecule has 1 unspecified atom stereocenters. The van der Waals surface area contributed by atoms with Crippen molar-refractivity contribution in [2.24, 2.45) is 7.05 Å². The smallest absolute Gasteiger partial charge is 0.326 e. The van der Waals surface area contributed by atoms with E-state index in [9.17, 15) is 14.7 Å². The summed E-state index contributed by atoms with van der Waals surface area (Å²) in [7, 11) is 1.74. The number of carbonyl (C=O) groups is 2. The van der Waals surface area contributed by atoms with Gasteiger partial charge in [0, 0.05) is 26.2 Å². The third-order valence-corrected chi connectivity index (χ3v) is 4.04. The summed E-state index contributed by atoms with van der Waals surface area (Å²) in [5.41, 5.74) is 3.04. The predicted octanol–water partition coefficient (Wildman–Crippen LogP) is 1.38. The summed E-state index contributed by atoms with van der Waals surface area (Å²) in [6.45, 7) is 2.06. The first-order chi connectivity index (χ1) is 10.5. The molecule has 1 amide bonds. The molecule has 2 aromatic rings. The molecule has 0 spiro atoms. The zero-order chi connectivity index (χ0) is 15.9. The van der Waals surface area contributed by atoms with E-state index in [0.29, 0.717) is 24.2 Å². The number of aryl methyl sites for hydroxylation is 2. The number of benzene rings is 1. The molecule has 6 nitrogen and oxygen atoms in total. The molecule has 0 aliphatic carbocycles. The van der Waals surface area contributed by atoms with Crippen LogP contribution in [0, 0.1) is 6.92 Å². The van der Waals surface area contributed by atoms with Crippen molar-refractivity contribution in [2.75, 3.05) is 0 Å². The monoisotopic (exact) mass is 299 g/mol. The molecule has 0 bridgehead atoms. The van der Waals surface area contributed by atoms with Gasteiger partial charge in [-0.15, -0.1) is 0 Å². The van der Waals surface area contributed by atoms with Gasteiger partial charge in [-0.1, -0.05) is 24.3 Å². The van der Waals surface area contributed by atoms with Crippen LogP contribution in [0.3, 0.4) is 0 Å². The Morgan fingerprint density at radius 2 is 1.95 bits per heavy atom. The fourth-order valence-electron chi connectivity index (χ4n) is 2.92. The standard InChI is InChI=1S/C16H17N3O3/c1-10-13(9-18(2)17-10)15(20)19-8-12-6-4-3-5-11(12)7-14(19)16(21)22/h3-6,9,14H,7-8H2,1-2H3,(H,21,22). The van der Waals surface area contributed by atoms with Gasteiger partial charge in [-0.05, 0) is 18.1 Å². The molecule has 1 aliphatic heterocycles. The van der Waals surface area contributed by atoms with Crippen molar-refractivity contribution in [3.05, 3.63) is 52.8 Å². The van der Waals surface area contributed by atoms with Crippen molar-refractivity contribution in [3.8, 4) is 0 Å². The molecular weight excluding hydrogens is 282 g/mol.